The van der Waals surface area contributed by atoms with E-state index in [0.717, 1.165) is 63.5 Å². The summed E-state index contributed by atoms with van der Waals surface area (Å²) in [6.07, 6.45) is 18.0. The molecule has 0 aromatic rings. The van der Waals surface area contributed by atoms with Gasteiger partial charge in [0.2, 0.25) is 0 Å². The van der Waals surface area contributed by atoms with Crippen LogP contribution in [0.3, 0.4) is 0 Å². The van der Waals surface area contributed by atoms with Crippen LogP contribution in [-0.2, 0) is 9.47 Å². The lowest BCUT2D eigenvalue weighted by atomic mass is 10.0. The summed E-state index contributed by atoms with van der Waals surface area (Å²) in [7, 11) is 0. The van der Waals surface area contributed by atoms with E-state index in [1.807, 2.05) is 0 Å². The first kappa shape index (κ1) is 24.4. The Bertz CT molecular complexity index is 595. The molecule has 1 fully saturated rings. The van der Waals surface area contributed by atoms with Crippen LogP contribution in [0.15, 0.2) is 46.6 Å². The van der Waals surface area contributed by atoms with E-state index in [-0.39, 0.29) is 6.29 Å². The number of ether oxygens (including phenoxy) is 2. The van der Waals surface area contributed by atoms with Crippen molar-refractivity contribution >= 4 is 0 Å². The number of nitrogens with zero attached hydrogens (tertiary/aromatic N) is 1. The molecule has 0 saturated carbocycles. The summed E-state index contributed by atoms with van der Waals surface area (Å²) in [5, 5.41) is 9.35. The average Bonchev–Trinajstić information content (AvgIpc) is 2.67. The fourth-order valence-corrected chi connectivity index (χ4v) is 3.08. The molecule has 1 atom stereocenters. The lowest BCUT2D eigenvalue weighted by Crippen LogP contribution is -2.22. The van der Waals surface area contributed by atoms with Crippen molar-refractivity contribution in [2.24, 2.45) is 0 Å². The first-order valence-electron chi connectivity index (χ1n) is 10.8. The van der Waals surface area contributed by atoms with Gasteiger partial charge >= 0.3 is 0 Å². The number of hydrogen-bond acceptors (Lipinski definition) is 3. The van der Waals surface area contributed by atoms with Gasteiger partial charge in [0.1, 0.15) is 0 Å². The Balaban J connectivity index is 2.25. The highest BCUT2D eigenvalue weighted by Crippen LogP contribution is 2.15. The van der Waals surface area contributed by atoms with Crippen LogP contribution in [0, 0.1) is 11.3 Å². The first-order chi connectivity index (χ1) is 13.5. The molecule has 156 valence electrons. The summed E-state index contributed by atoms with van der Waals surface area (Å²) in [5.74, 6) is 0. The van der Waals surface area contributed by atoms with Gasteiger partial charge in [0.05, 0.1) is 12.7 Å². The molecular weight excluding hydrogens is 346 g/mol. The SMILES string of the molecule is CC(C)=CCC/C(C)=C/CC/C(C#N)=C/CC/C(C)=C/COC1CCCCO1. The maximum atomic E-state index is 9.35. The standard InChI is InChI=1S/C25H39NO2/c1-21(2)10-7-11-22(3)12-8-14-24(20-26)15-9-13-23(4)17-19-28-25-16-5-6-18-27-25/h10,12,15,17,25H,5-9,11,13-14,16,18-19H2,1-4H3/b22-12+,23-17+,24-15-. The lowest BCUT2D eigenvalue weighted by molar-refractivity contribution is -0.155. The Kier molecular flexibility index (Phi) is 13.3. The Labute approximate surface area is 172 Å². The van der Waals surface area contributed by atoms with E-state index in [0.29, 0.717) is 6.61 Å². The number of nitriles is 1. The lowest BCUT2D eigenvalue weighted by Gasteiger charge is -2.22. The molecule has 0 N–H and O–H groups in total. The second kappa shape index (κ2) is 15.3. The molecule has 28 heavy (non-hydrogen) atoms. The van der Waals surface area contributed by atoms with E-state index in [2.05, 4.69) is 58.1 Å². The van der Waals surface area contributed by atoms with E-state index < -0.39 is 0 Å². The van der Waals surface area contributed by atoms with E-state index in [4.69, 9.17) is 9.47 Å². The summed E-state index contributed by atoms with van der Waals surface area (Å²) < 4.78 is 11.3. The monoisotopic (exact) mass is 385 g/mol. The normalized spacial score (nSPS) is 18.7. The van der Waals surface area contributed by atoms with Gasteiger partial charge in [-0.25, -0.2) is 0 Å². The maximum Gasteiger partial charge on any atom is 0.157 e. The predicted molar refractivity (Wildman–Crippen MR) is 118 cm³/mol. The predicted octanol–water partition coefficient (Wildman–Crippen LogP) is 7.18. The molecule has 0 spiro atoms. The van der Waals surface area contributed by atoms with Crippen LogP contribution in [0.5, 0.6) is 0 Å². The Morgan fingerprint density at radius 1 is 0.929 bits per heavy atom. The minimum Gasteiger partial charge on any atom is -0.353 e. The van der Waals surface area contributed by atoms with Crippen molar-refractivity contribution in [1.29, 1.82) is 5.26 Å². The smallest absolute Gasteiger partial charge is 0.157 e. The molecule has 1 unspecified atom stereocenters. The second-order valence-electron chi connectivity index (χ2n) is 7.97. The van der Waals surface area contributed by atoms with Crippen LogP contribution in [0.25, 0.3) is 0 Å². The van der Waals surface area contributed by atoms with Crippen LogP contribution in [0.1, 0.15) is 85.5 Å². The van der Waals surface area contributed by atoms with Crippen molar-refractivity contribution in [3.63, 3.8) is 0 Å². The second-order valence-corrected chi connectivity index (χ2v) is 7.97. The van der Waals surface area contributed by atoms with Crippen molar-refractivity contribution in [2.45, 2.75) is 91.8 Å². The molecule has 0 bridgehead atoms. The van der Waals surface area contributed by atoms with Gasteiger partial charge in [0, 0.05) is 12.2 Å². The minimum atomic E-state index is -0.0265. The zero-order valence-electron chi connectivity index (χ0n) is 18.4. The van der Waals surface area contributed by atoms with E-state index in [1.54, 1.807) is 0 Å². The van der Waals surface area contributed by atoms with E-state index >= 15 is 0 Å². The van der Waals surface area contributed by atoms with Crippen LogP contribution in [0.4, 0.5) is 0 Å². The summed E-state index contributed by atoms with van der Waals surface area (Å²) in [6.45, 7) is 10.0. The topological polar surface area (TPSA) is 42.2 Å². The molecule has 1 aliphatic rings. The van der Waals surface area contributed by atoms with Crippen molar-refractivity contribution in [3.05, 3.63) is 46.6 Å². The number of rotatable bonds is 12. The van der Waals surface area contributed by atoms with Crippen LogP contribution >= 0.6 is 0 Å². The summed E-state index contributed by atoms with van der Waals surface area (Å²) >= 11 is 0. The van der Waals surface area contributed by atoms with Gasteiger partial charge in [-0.1, -0.05) is 41.0 Å². The zero-order chi connectivity index (χ0) is 20.6. The average molecular weight is 386 g/mol. The van der Waals surface area contributed by atoms with Gasteiger partial charge in [-0.2, -0.15) is 5.26 Å². The molecule has 0 aliphatic carbocycles. The highest BCUT2D eigenvalue weighted by atomic mass is 16.7. The zero-order valence-corrected chi connectivity index (χ0v) is 18.4. The number of hydrogen-bond donors (Lipinski definition) is 0. The molecule has 0 radical (unpaired) electrons. The largest absolute Gasteiger partial charge is 0.353 e. The Morgan fingerprint density at radius 2 is 1.61 bits per heavy atom. The molecule has 1 aliphatic heterocycles. The van der Waals surface area contributed by atoms with Gasteiger partial charge in [0.15, 0.2) is 6.29 Å². The molecule has 1 heterocycles. The van der Waals surface area contributed by atoms with Crippen molar-refractivity contribution in [3.8, 4) is 6.07 Å². The Morgan fingerprint density at radius 3 is 2.25 bits per heavy atom. The molecule has 3 nitrogen and oxygen atoms in total. The summed E-state index contributed by atoms with van der Waals surface area (Å²) in [5.41, 5.74) is 4.99. The maximum absolute atomic E-state index is 9.35. The van der Waals surface area contributed by atoms with Crippen molar-refractivity contribution in [1.82, 2.24) is 0 Å². The van der Waals surface area contributed by atoms with Gasteiger partial charge < -0.3 is 9.47 Å². The van der Waals surface area contributed by atoms with Gasteiger partial charge in [-0.3, -0.25) is 0 Å². The van der Waals surface area contributed by atoms with E-state index in [9.17, 15) is 5.26 Å². The summed E-state index contributed by atoms with van der Waals surface area (Å²) in [6, 6.07) is 2.36. The highest BCUT2D eigenvalue weighted by molar-refractivity contribution is 5.21. The number of allylic oxidation sites excluding steroid dienone is 7. The molecule has 0 aromatic heterocycles. The Hall–Kier alpha value is -1.63. The highest BCUT2D eigenvalue weighted by Gasteiger charge is 2.12. The molecule has 3 heteroatoms. The van der Waals surface area contributed by atoms with Crippen molar-refractivity contribution in [2.75, 3.05) is 13.2 Å². The summed E-state index contributed by atoms with van der Waals surface area (Å²) in [4.78, 5) is 0. The molecular formula is C25H39NO2. The first-order valence-corrected chi connectivity index (χ1v) is 10.8. The van der Waals surface area contributed by atoms with E-state index in [1.165, 1.54) is 23.1 Å². The van der Waals surface area contributed by atoms with Crippen LogP contribution in [-0.4, -0.2) is 19.5 Å². The third-order valence-electron chi connectivity index (χ3n) is 4.92. The van der Waals surface area contributed by atoms with Crippen LogP contribution < -0.4 is 0 Å². The molecule has 0 amide bonds. The van der Waals surface area contributed by atoms with Gasteiger partial charge in [0.25, 0.3) is 0 Å². The molecule has 1 rings (SSSR count). The van der Waals surface area contributed by atoms with Gasteiger partial charge in [-0.15, -0.1) is 0 Å². The molecule has 1 saturated heterocycles. The van der Waals surface area contributed by atoms with Gasteiger partial charge in [-0.05, 0) is 85.5 Å². The van der Waals surface area contributed by atoms with Crippen molar-refractivity contribution < 1.29 is 9.47 Å². The fourth-order valence-electron chi connectivity index (χ4n) is 3.08. The quantitative estimate of drug-likeness (QED) is 0.264. The molecule has 0 aromatic carbocycles. The third kappa shape index (κ3) is 12.7. The van der Waals surface area contributed by atoms with Crippen LogP contribution in [0.2, 0.25) is 0 Å². The fraction of sp³-hybridized carbons (Fsp3) is 0.640. The minimum absolute atomic E-state index is 0.0265. The third-order valence-corrected chi connectivity index (χ3v) is 4.92.